The average molecular weight is 240 g/mol. The summed E-state index contributed by atoms with van der Waals surface area (Å²) in [5, 5.41) is 15.5. The number of aliphatic hydroxyl groups is 1. The minimum atomic E-state index is -0.815. The first kappa shape index (κ1) is 13.4. The molecule has 0 aromatic carbocycles. The molecule has 0 fully saturated rings. The van der Waals surface area contributed by atoms with Crippen molar-refractivity contribution in [2.75, 3.05) is 43.2 Å². The van der Waals surface area contributed by atoms with Crippen molar-refractivity contribution < 1.29 is 5.11 Å². The van der Waals surface area contributed by atoms with Crippen LogP contribution < -0.4 is 15.5 Å². The van der Waals surface area contributed by atoms with Crippen LogP contribution in [-0.2, 0) is 0 Å². The Kier molecular flexibility index (Phi) is 4.06. The van der Waals surface area contributed by atoms with Gasteiger partial charge in [0, 0.05) is 27.7 Å². The summed E-state index contributed by atoms with van der Waals surface area (Å²) in [5.41, 5.74) is -0.815. The fourth-order valence-corrected chi connectivity index (χ4v) is 1.05. The van der Waals surface area contributed by atoms with E-state index >= 15 is 0 Å². The van der Waals surface area contributed by atoms with Gasteiger partial charge in [-0.2, -0.15) is 15.0 Å². The summed E-state index contributed by atoms with van der Waals surface area (Å²) in [6, 6.07) is 0. The van der Waals surface area contributed by atoms with Gasteiger partial charge in [-0.05, 0) is 13.8 Å². The fourth-order valence-electron chi connectivity index (χ4n) is 1.05. The van der Waals surface area contributed by atoms with Crippen LogP contribution in [0.4, 0.5) is 17.8 Å². The molecule has 1 rings (SSSR count). The molecule has 7 heteroatoms. The Balaban J connectivity index is 2.87. The van der Waals surface area contributed by atoms with Gasteiger partial charge in [0.2, 0.25) is 17.8 Å². The lowest BCUT2D eigenvalue weighted by atomic mass is 10.1. The van der Waals surface area contributed by atoms with Crippen LogP contribution in [0.25, 0.3) is 0 Å². The van der Waals surface area contributed by atoms with Crippen molar-refractivity contribution in [2.24, 2.45) is 0 Å². The van der Waals surface area contributed by atoms with Gasteiger partial charge in [-0.1, -0.05) is 0 Å². The first-order valence-electron chi connectivity index (χ1n) is 5.39. The van der Waals surface area contributed by atoms with Crippen LogP contribution in [0.2, 0.25) is 0 Å². The summed E-state index contributed by atoms with van der Waals surface area (Å²) in [7, 11) is 5.46. The van der Waals surface area contributed by atoms with Crippen LogP contribution in [0.1, 0.15) is 13.8 Å². The number of rotatable bonds is 5. The lowest BCUT2D eigenvalue weighted by Crippen LogP contribution is -2.30. The highest BCUT2D eigenvalue weighted by atomic mass is 16.3. The largest absolute Gasteiger partial charge is 0.389 e. The molecule has 17 heavy (non-hydrogen) atoms. The topological polar surface area (TPSA) is 86.2 Å². The minimum absolute atomic E-state index is 0.368. The third kappa shape index (κ3) is 4.39. The number of hydrogen-bond donors (Lipinski definition) is 3. The number of nitrogens with one attached hydrogen (secondary N) is 2. The molecule has 0 aliphatic carbocycles. The summed E-state index contributed by atoms with van der Waals surface area (Å²) in [5.74, 6) is 1.49. The molecule has 7 nitrogen and oxygen atoms in total. The fraction of sp³-hybridized carbons (Fsp3) is 0.700. The van der Waals surface area contributed by atoms with Gasteiger partial charge in [-0.15, -0.1) is 0 Å². The Bertz CT molecular complexity index is 374. The predicted molar refractivity (Wildman–Crippen MR) is 68.5 cm³/mol. The molecule has 3 N–H and O–H groups in total. The summed E-state index contributed by atoms with van der Waals surface area (Å²) < 4.78 is 0. The van der Waals surface area contributed by atoms with Crippen LogP contribution in [0, 0.1) is 0 Å². The number of aromatic nitrogens is 3. The van der Waals surface area contributed by atoms with Gasteiger partial charge in [-0.3, -0.25) is 0 Å². The first-order valence-corrected chi connectivity index (χ1v) is 5.39. The lowest BCUT2D eigenvalue weighted by molar-refractivity contribution is 0.0943. The Morgan fingerprint density at radius 1 is 1.18 bits per heavy atom. The van der Waals surface area contributed by atoms with Crippen molar-refractivity contribution in [1.82, 2.24) is 15.0 Å². The Morgan fingerprint density at radius 3 is 2.24 bits per heavy atom. The molecular formula is C10H20N6O. The molecule has 96 valence electrons. The average Bonchev–Trinajstić information content (AvgIpc) is 2.25. The normalized spacial score (nSPS) is 11.2. The monoisotopic (exact) mass is 240 g/mol. The van der Waals surface area contributed by atoms with Gasteiger partial charge >= 0.3 is 0 Å². The van der Waals surface area contributed by atoms with E-state index < -0.39 is 5.60 Å². The third-order valence-electron chi connectivity index (χ3n) is 1.93. The van der Waals surface area contributed by atoms with Crippen molar-refractivity contribution in [3.63, 3.8) is 0 Å². The van der Waals surface area contributed by atoms with E-state index in [1.54, 1.807) is 25.8 Å². The highest BCUT2D eigenvalue weighted by Crippen LogP contribution is 2.11. The van der Waals surface area contributed by atoms with E-state index in [4.69, 9.17) is 0 Å². The van der Waals surface area contributed by atoms with Gasteiger partial charge < -0.3 is 20.6 Å². The number of nitrogens with zero attached hydrogens (tertiary/aromatic N) is 4. The molecule has 0 bridgehead atoms. The molecule has 1 aromatic heterocycles. The van der Waals surface area contributed by atoms with Crippen molar-refractivity contribution >= 4 is 17.8 Å². The zero-order valence-corrected chi connectivity index (χ0v) is 10.9. The van der Waals surface area contributed by atoms with Crippen LogP contribution in [-0.4, -0.2) is 53.3 Å². The summed E-state index contributed by atoms with van der Waals surface area (Å²) >= 11 is 0. The summed E-state index contributed by atoms with van der Waals surface area (Å²) in [6.45, 7) is 3.80. The van der Waals surface area contributed by atoms with Gasteiger partial charge in [0.15, 0.2) is 0 Å². The van der Waals surface area contributed by atoms with Crippen LogP contribution in [0.5, 0.6) is 0 Å². The second kappa shape index (κ2) is 5.13. The van der Waals surface area contributed by atoms with Gasteiger partial charge in [0.25, 0.3) is 0 Å². The van der Waals surface area contributed by atoms with Crippen molar-refractivity contribution in [3.05, 3.63) is 0 Å². The third-order valence-corrected chi connectivity index (χ3v) is 1.93. The van der Waals surface area contributed by atoms with E-state index in [-0.39, 0.29) is 0 Å². The molecule has 0 unspecified atom stereocenters. The molecule has 0 atom stereocenters. The quantitative estimate of drug-likeness (QED) is 0.676. The molecule has 1 heterocycles. The predicted octanol–water partition coefficient (Wildman–Crippen LogP) is 0.162. The molecule has 0 saturated heterocycles. The van der Waals surface area contributed by atoms with Gasteiger partial charge in [-0.25, -0.2) is 0 Å². The maximum Gasteiger partial charge on any atom is 0.231 e. The van der Waals surface area contributed by atoms with Crippen LogP contribution in [0.3, 0.4) is 0 Å². The van der Waals surface area contributed by atoms with E-state index in [2.05, 4.69) is 25.6 Å². The van der Waals surface area contributed by atoms with Crippen molar-refractivity contribution in [1.29, 1.82) is 0 Å². The Hall–Kier alpha value is -1.63. The summed E-state index contributed by atoms with van der Waals surface area (Å²) in [6.07, 6.45) is 0. The van der Waals surface area contributed by atoms with E-state index in [0.29, 0.717) is 24.4 Å². The second-order valence-electron chi connectivity index (χ2n) is 4.59. The molecule has 0 amide bonds. The molecule has 0 aliphatic rings. The zero-order chi connectivity index (χ0) is 13.1. The first-order chi connectivity index (χ1) is 7.81. The maximum absolute atomic E-state index is 9.62. The van der Waals surface area contributed by atoms with E-state index in [0.717, 1.165) is 0 Å². The summed E-state index contributed by atoms with van der Waals surface area (Å²) in [4.78, 5) is 14.4. The molecule has 1 aromatic rings. The molecule has 0 radical (unpaired) electrons. The van der Waals surface area contributed by atoms with Crippen LogP contribution in [0.15, 0.2) is 0 Å². The molecule has 0 spiro atoms. The highest BCUT2D eigenvalue weighted by Gasteiger charge is 2.14. The Morgan fingerprint density at radius 2 is 1.76 bits per heavy atom. The molecule has 0 aliphatic heterocycles. The smallest absolute Gasteiger partial charge is 0.231 e. The lowest BCUT2D eigenvalue weighted by Gasteiger charge is -2.18. The maximum atomic E-state index is 9.62. The second-order valence-corrected chi connectivity index (χ2v) is 4.59. The number of hydrogen-bond acceptors (Lipinski definition) is 7. The standard InChI is InChI=1S/C10H20N6O/c1-10(2,17)6-12-8-13-7(11-3)14-9(15-8)16(4)5/h17H,6H2,1-5H3,(H2,11,12,13,14,15). The van der Waals surface area contributed by atoms with E-state index in [1.165, 1.54) is 0 Å². The SMILES string of the molecule is CNc1nc(NCC(C)(C)O)nc(N(C)C)n1. The number of anilines is 3. The van der Waals surface area contributed by atoms with E-state index in [9.17, 15) is 5.11 Å². The highest BCUT2D eigenvalue weighted by molar-refractivity contribution is 5.42. The van der Waals surface area contributed by atoms with Gasteiger partial charge in [0.1, 0.15) is 0 Å². The van der Waals surface area contributed by atoms with E-state index in [1.807, 2.05) is 14.1 Å². The molecular weight excluding hydrogens is 220 g/mol. The minimum Gasteiger partial charge on any atom is -0.389 e. The Labute approximate surface area is 101 Å². The molecule has 0 saturated carbocycles. The van der Waals surface area contributed by atoms with Crippen LogP contribution >= 0.6 is 0 Å². The van der Waals surface area contributed by atoms with Gasteiger partial charge in [0.05, 0.1) is 5.60 Å². The van der Waals surface area contributed by atoms with Crippen molar-refractivity contribution in [2.45, 2.75) is 19.4 Å². The van der Waals surface area contributed by atoms with Crippen molar-refractivity contribution in [3.8, 4) is 0 Å². The zero-order valence-electron chi connectivity index (χ0n) is 10.9.